The second kappa shape index (κ2) is 10.5. The number of anilines is 1. The van der Waals surface area contributed by atoms with Crippen molar-refractivity contribution in [3.05, 3.63) is 54.6 Å². The van der Waals surface area contributed by atoms with Gasteiger partial charge in [0.25, 0.3) is 5.03 Å². The van der Waals surface area contributed by atoms with E-state index < -0.39 is 5.95 Å². The van der Waals surface area contributed by atoms with E-state index in [1.54, 1.807) is 0 Å². The van der Waals surface area contributed by atoms with E-state index in [1.807, 2.05) is 54.6 Å². The molecule has 8 heteroatoms. The van der Waals surface area contributed by atoms with E-state index in [0.29, 0.717) is 23.1 Å². The van der Waals surface area contributed by atoms with Gasteiger partial charge in [-0.15, -0.1) is 0 Å². The number of carbonyl (C=O) groups excluding carboxylic acids is 1. The number of thioether (sulfide) groups is 1. The molecule has 0 spiro atoms. The van der Waals surface area contributed by atoms with Gasteiger partial charge in [-0.2, -0.15) is 0 Å². The van der Waals surface area contributed by atoms with Crippen LogP contribution in [0, 0.1) is 0 Å². The summed E-state index contributed by atoms with van der Waals surface area (Å²) in [5.74, 6) is 0.561. The van der Waals surface area contributed by atoms with E-state index >= 15 is 0 Å². The van der Waals surface area contributed by atoms with Crippen LogP contribution in [0.1, 0.15) is 26.2 Å². The number of nitrogens with one attached hydrogen (secondary N) is 1. The Kier molecular flexibility index (Phi) is 7.52. The van der Waals surface area contributed by atoms with Crippen LogP contribution in [0.15, 0.2) is 64.1 Å². The van der Waals surface area contributed by atoms with Gasteiger partial charge in [0.2, 0.25) is 11.6 Å². The molecule has 0 aliphatic carbocycles. The number of rotatable bonds is 10. The topological polar surface area (TPSA) is 91.3 Å². The van der Waals surface area contributed by atoms with E-state index in [-0.39, 0.29) is 12.3 Å². The lowest BCUT2D eigenvalue weighted by molar-refractivity contribution is -0.705. The van der Waals surface area contributed by atoms with Crippen LogP contribution in [0.2, 0.25) is 0 Å². The maximum atomic E-state index is 12.2. The van der Waals surface area contributed by atoms with Gasteiger partial charge >= 0.3 is 0 Å². The molecule has 7 nitrogen and oxygen atoms in total. The van der Waals surface area contributed by atoms with Gasteiger partial charge in [0.1, 0.15) is 5.75 Å². The fraction of sp³-hybridized carbons (Fsp3) is 0.286. The molecule has 0 saturated carbocycles. The van der Waals surface area contributed by atoms with Crippen LogP contribution >= 0.6 is 11.8 Å². The van der Waals surface area contributed by atoms with Crippen molar-refractivity contribution in [1.29, 1.82) is 0 Å². The van der Waals surface area contributed by atoms with E-state index in [2.05, 4.69) is 17.5 Å². The molecule has 0 unspecified atom stereocenters. The highest BCUT2D eigenvalue weighted by atomic mass is 32.2. The third-order valence-electron chi connectivity index (χ3n) is 4.05. The molecule has 29 heavy (non-hydrogen) atoms. The third kappa shape index (κ3) is 5.99. The molecule has 1 amide bonds. The monoisotopic (exact) mass is 413 g/mol. The number of hydrogen-bond donors (Lipinski definition) is 1. The van der Waals surface area contributed by atoms with Gasteiger partial charge in [0.15, 0.2) is 5.95 Å². The van der Waals surface area contributed by atoms with Gasteiger partial charge < -0.3 is 19.7 Å². The molecule has 0 radical (unpaired) electrons. The van der Waals surface area contributed by atoms with Crippen LogP contribution in [0.5, 0.6) is 11.7 Å². The van der Waals surface area contributed by atoms with E-state index in [4.69, 9.17) is 9.26 Å². The highest BCUT2D eigenvalue weighted by Gasteiger charge is 2.20. The van der Waals surface area contributed by atoms with Gasteiger partial charge in [-0.05, 0) is 35.4 Å². The van der Waals surface area contributed by atoms with Crippen LogP contribution in [0.3, 0.4) is 0 Å². The Labute approximate surface area is 173 Å². The molecule has 0 fully saturated rings. The summed E-state index contributed by atoms with van der Waals surface area (Å²) in [6.45, 7) is 2.80. The minimum Gasteiger partial charge on any atom is -0.538 e. The smallest absolute Gasteiger partial charge is 0.297 e. The van der Waals surface area contributed by atoms with E-state index in [9.17, 15) is 9.90 Å². The number of hydrogen-bond acceptors (Lipinski definition) is 6. The zero-order chi connectivity index (χ0) is 20.5. The first-order valence-electron chi connectivity index (χ1n) is 9.47. The lowest BCUT2D eigenvalue weighted by Gasteiger charge is -2.08. The molecule has 1 N–H and O–H groups in total. The predicted octanol–water partition coefficient (Wildman–Crippen LogP) is 3.32. The Bertz CT molecular complexity index is 913. The van der Waals surface area contributed by atoms with Crippen molar-refractivity contribution in [3.63, 3.8) is 0 Å². The van der Waals surface area contributed by atoms with Crippen LogP contribution in [-0.2, 0) is 4.79 Å². The fourth-order valence-corrected chi connectivity index (χ4v) is 3.42. The fourth-order valence-electron chi connectivity index (χ4n) is 2.53. The molecule has 0 bridgehead atoms. The zero-order valence-electron chi connectivity index (χ0n) is 16.2. The van der Waals surface area contributed by atoms with Gasteiger partial charge in [-0.25, -0.2) is 0 Å². The maximum absolute atomic E-state index is 12.2. The Morgan fingerprint density at radius 1 is 1.21 bits per heavy atom. The maximum Gasteiger partial charge on any atom is 0.297 e. The number of para-hydroxylation sites is 1. The number of benzene rings is 2. The lowest BCUT2D eigenvalue weighted by atomic mass is 10.3. The summed E-state index contributed by atoms with van der Waals surface area (Å²) < 4.78 is 11.8. The minimum absolute atomic E-state index is 0.132. The lowest BCUT2D eigenvalue weighted by Crippen LogP contribution is -2.34. The summed E-state index contributed by atoms with van der Waals surface area (Å²) in [4.78, 5) is 12.2. The summed E-state index contributed by atoms with van der Waals surface area (Å²) in [6, 6.07) is 16.5. The number of aromatic nitrogens is 2. The minimum atomic E-state index is -0.516. The first-order chi connectivity index (χ1) is 14.2. The highest BCUT2D eigenvalue weighted by Crippen LogP contribution is 2.24. The van der Waals surface area contributed by atoms with Crippen molar-refractivity contribution in [2.45, 2.75) is 31.2 Å². The van der Waals surface area contributed by atoms with E-state index in [1.165, 1.54) is 16.4 Å². The Balaban J connectivity index is 1.49. The quantitative estimate of drug-likeness (QED) is 0.311. The van der Waals surface area contributed by atoms with Gasteiger partial charge in [0, 0.05) is 30.0 Å². The SMILES string of the molecule is CCCCOc1ccc(NC(=O)CCSc2c([O-])on[n+]2-c2ccccc2)cc1. The number of amides is 1. The normalized spacial score (nSPS) is 10.7. The Morgan fingerprint density at radius 3 is 2.69 bits per heavy atom. The number of carbonyl (C=O) groups is 1. The van der Waals surface area contributed by atoms with Gasteiger partial charge in [-0.3, -0.25) is 4.79 Å². The third-order valence-corrected chi connectivity index (χ3v) is 5.07. The molecule has 3 aromatic rings. The van der Waals surface area contributed by atoms with Crippen molar-refractivity contribution in [2.24, 2.45) is 0 Å². The van der Waals surface area contributed by atoms with Crippen molar-refractivity contribution in [2.75, 3.05) is 17.7 Å². The molecule has 2 aromatic carbocycles. The summed E-state index contributed by atoms with van der Waals surface area (Å²) in [5, 5.41) is 18.9. The summed E-state index contributed by atoms with van der Waals surface area (Å²) in [6.07, 6.45) is 2.34. The van der Waals surface area contributed by atoms with Crippen molar-refractivity contribution in [1.82, 2.24) is 5.27 Å². The van der Waals surface area contributed by atoms with Gasteiger partial charge in [0.05, 0.1) is 11.9 Å². The Hall–Kier alpha value is -3.00. The molecular weight excluding hydrogens is 390 g/mol. The highest BCUT2D eigenvalue weighted by molar-refractivity contribution is 7.99. The van der Waals surface area contributed by atoms with E-state index in [0.717, 1.165) is 24.3 Å². The summed E-state index contributed by atoms with van der Waals surface area (Å²) >= 11 is 1.24. The summed E-state index contributed by atoms with van der Waals surface area (Å²) in [5.41, 5.74) is 1.43. The van der Waals surface area contributed by atoms with Gasteiger partial charge in [-0.1, -0.05) is 43.3 Å². The molecule has 0 aliphatic heterocycles. The predicted molar refractivity (Wildman–Crippen MR) is 108 cm³/mol. The molecule has 1 aromatic heterocycles. The molecular formula is C21H23N3O4S. The zero-order valence-corrected chi connectivity index (χ0v) is 17.0. The number of unbranched alkanes of at least 4 members (excludes halogenated alkanes) is 1. The molecule has 1 heterocycles. The van der Waals surface area contributed by atoms with Crippen LogP contribution in [-0.4, -0.2) is 23.5 Å². The second-order valence-electron chi connectivity index (χ2n) is 6.29. The molecule has 0 aliphatic rings. The molecule has 3 rings (SSSR count). The average Bonchev–Trinajstić information content (AvgIpc) is 3.11. The van der Waals surface area contributed by atoms with Crippen molar-refractivity contribution in [3.8, 4) is 17.4 Å². The van der Waals surface area contributed by atoms with Crippen LogP contribution in [0.25, 0.3) is 5.69 Å². The molecule has 0 atom stereocenters. The van der Waals surface area contributed by atoms with Crippen LogP contribution in [0.4, 0.5) is 5.69 Å². The first-order valence-corrected chi connectivity index (χ1v) is 10.5. The van der Waals surface area contributed by atoms with Crippen molar-refractivity contribution < 1.29 is 23.8 Å². The number of ether oxygens (including phenoxy) is 1. The second-order valence-corrected chi connectivity index (χ2v) is 7.37. The molecule has 152 valence electrons. The molecule has 0 saturated heterocycles. The average molecular weight is 413 g/mol. The number of nitrogens with zero attached hydrogens (tertiary/aromatic N) is 2. The summed E-state index contributed by atoms with van der Waals surface area (Å²) in [7, 11) is 0. The van der Waals surface area contributed by atoms with Crippen molar-refractivity contribution >= 4 is 23.4 Å². The first kappa shape index (κ1) is 20.7. The largest absolute Gasteiger partial charge is 0.538 e. The van der Waals surface area contributed by atoms with Crippen LogP contribution < -0.4 is 19.8 Å². The Morgan fingerprint density at radius 2 is 1.97 bits per heavy atom. The standard InChI is InChI=1S/C21H23N3O4S/c1-2-3-14-27-18-11-9-16(10-12-18)22-19(25)13-15-29-20-21(26)28-23-24(20)17-7-5-4-6-8-17/h4-12H,2-3,13-15H2,1H3,(H-,22,23,25,26).